The second-order valence-electron chi connectivity index (χ2n) is 4.87. The zero-order valence-electron chi connectivity index (χ0n) is 11.1. The highest BCUT2D eigenvalue weighted by Gasteiger charge is 2.27. The molecule has 0 bridgehead atoms. The van der Waals surface area contributed by atoms with Gasteiger partial charge in [0.25, 0.3) is 0 Å². The smallest absolute Gasteiger partial charge is 0.326 e. The normalized spacial score (nSPS) is 20.7. The number of hydrogen-bond acceptors (Lipinski definition) is 3. The molecule has 4 N–H and O–H groups in total. The molecule has 0 radical (unpaired) electrons. The maximum atomic E-state index is 12.0. The second kappa shape index (κ2) is 6.96. The van der Waals surface area contributed by atoms with Crippen LogP contribution in [0.5, 0.6) is 0 Å². The summed E-state index contributed by atoms with van der Waals surface area (Å²) < 4.78 is 0. The van der Waals surface area contributed by atoms with Gasteiger partial charge in [0, 0.05) is 13.1 Å². The summed E-state index contributed by atoms with van der Waals surface area (Å²) in [5.41, 5.74) is 4.96. The van der Waals surface area contributed by atoms with Gasteiger partial charge < -0.3 is 21.1 Å². The molecule has 1 fully saturated rings. The molecular formula is C12H21N3O4. The van der Waals surface area contributed by atoms with E-state index in [1.165, 1.54) is 0 Å². The lowest BCUT2D eigenvalue weighted by Gasteiger charge is -2.33. The van der Waals surface area contributed by atoms with Crippen molar-refractivity contribution in [2.45, 2.75) is 38.6 Å². The molecule has 1 aliphatic heterocycles. The number of amides is 3. The number of urea groups is 1. The lowest BCUT2D eigenvalue weighted by atomic mass is 9.96. The second-order valence-corrected chi connectivity index (χ2v) is 4.87. The van der Waals surface area contributed by atoms with Crippen molar-refractivity contribution in [3.05, 3.63) is 0 Å². The van der Waals surface area contributed by atoms with Crippen molar-refractivity contribution in [3.8, 4) is 0 Å². The Morgan fingerprint density at radius 3 is 2.68 bits per heavy atom. The molecule has 7 heteroatoms. The monoisotopic (exact) mass is 271 g/mol. The first kappa shape index (κ1) is 15.3. The molecule has 0 aromatic heterocycles. The van der Waals surface area contributed by atoms with Crippen molar-refractivity contribution in [2.24, 2.45) is 11.7 Å². The number of carbonyl (C=O) groups is 3. The van der Waals surface area contributed by atoms with Crippen LogP contribution < -0.4 is 11.1 Å². The van der Waals surface area contributed by atoms with Gasteiger partial charge >= 0.3 is 12.0 Å². The number of primary amides is 1. The molecule has 7 nitrogen and oxygen atoms in total. The summed E-state index contributed by atoms with van der Waals surface area (Å²) in [5.74, 6) is -1.55. The molecule has 19 heavy (non-hydrogen) atoms. The van der Waals surface area contributed by atoms with Crippen molar-refractivity contribution in [1.29, 1.82) is 0 Å². The topological polar surface area (TPSA) is 113 Å². The van der Waals surface area contributed by atoms with E-state index in [9.17, 15) is 14.4 Å². The number of piperidine rings is 1. The Bertz CT molecular complexity index is 359. The average molecular weight is 271 g/mol. The average Bonchev–Trinajstić information content (AvgIpc) is 2.37. The van der Waals surface area contributed by atoms with Crippen LogP contribution in [0.25, 0.3) is 0 Å². The highest BCUT2D eigenvalue weighted by atomic mass is 16.4. The van der Waals surface area contributed by atoms with Crippen LogP contribution in [0.4, 0.5) is 4.79 Å². The van der Waals surface area contributed by atoms with Crippen LogP contribution in [0.1, 0.15) is 32.6 Å². The number of hydrogen-bond donors (Lipinski definition) is 3. The number of carbonyl (C=O) groups excluding carboxylic acids is 2. The maximum Gasteiger partial charge on any atom is 0.326 e. The summed E-state index contributed by atoms with van der Waals surface area (Å²) in [4.78, 5) is 35.3. The van der Waals surface area contributed by atoms with E-state index in [0.717, 1.165) is 19.3 Å². The third-order valence-electron chi connectivity index (χ3n) is 3.38. The highest BCUT2D eigenvalue weighted by Crippen LogP contribution is 2.19. The fraction of sp³-hybridized carbons (Fsp3) is 0.750. The van der Waals surface area contributed by atoms with Crippen LogP contribution in [-0.2, 0) is 9.59 Å². The van der Waals surface area contributed by atoms with Gasteiger partial charge in [0.1, 0.15) is 6.04 Å². The number of likely N-dealkylation sites (tertiary alicyclic amines) is 1. The highest BCUT2D eigenvalue weighted by molar-refractivity contribution is 5.87. The quantitative estimate of drug-likeness (QED) is 0.660. The Balaban J connectivity index is 2.56. The van der Waals surface area contributed by atoms with Gasteiger partial charge in [-0.2, -0.15) is 0 Å². The van der Waals surface area contributed by atoms with E-state index in [2.05, 4.69) is 12.2 Å². The first-order valence-electron chi connectivity index (χ1n) is 6.50. The third-order valence-corrected chi connectivity index (χ3v) is 3.38. The zero-order chi connectivity index (χ0) is 14.4. The number of nitrogens with two attached hydrogens (primary N) is 1. The lowest BCUT2D eigenvalue weighted by Crippen LogP contribution is -2.51. The molecule has 0 aromatic carbocycles. The standard InChI is InChI=1S/C12H21N3O4/c1-2-8-4-3-5-15(7-8)12(19)14-9(11(17)18)6-10(13)16/h8-9H,2-7H2,1H3,(H2,13,16)(H,14,19)(H,17,18)/t8?,9-/m0/s1. The molecule has 0 spiro atoms. The number of nitrogens with zero attached hydrogens (tertiary/aromatic N) is 1. The van der Waals surface area contributed by atoms with Gasteiger partial charge in [-0.15, -0.1) is 0 Å². The molecule has 0 saturated carbocycles. The molecule has 0 aliphatic carbocycles. The van der Waals surface area contributed by atoms with Crippen LogP contribution in [0.15, 0.2) is 0 Å². The van der Waals surface area contributed by atoms with E-state index < -0.39 is 30.4 Å². The molecule has 1 rings (SSSR count). The van der Waals surface area contributed by atoms with E-state index in [1.54, 1.807) is 4.90 Å². The minimum absolute atomic E-state index is 0.397. The number of rotatable bonds is 5. The summed E-state index contributed by atoms with van der Waals surface area (Å²) in [6.45, 7) is 3.32. The molecule has 3 amide bonds. The first-order chi connectivity index (χ1) is 8.93. The summed E-state index contributed by atoms with van der Waals surface area (Å²) in [5, 5.41) is 11.3. The Hall–Kier alpha value is -1.79. The van der Waals surface area contributed by atoms with Crippen molar-refractivity contribution in [1.82, 2.24) is 10.2 Å². The Morgan fingerprint density at radius 2 is 2.16 bits per heavy atom. The Kier molecular flexibility index (Phi) is 5.59. The van der Waals surface area contributed by atoms with Gasteiger partial charge in [0.2, 0.25) is 5.91 Å². The van der Waals surface area contributed by atoms with Crippen LogP contribution in [0, 0.1) is 5.92 Å². The Labute approximate surface area is 112 Å². The molecule has 1 aliphatic rings. The predicted molar refractivity (Wildman–Crippen MR) is 68.4 cm³/mol. The van der Waals surface area contributed by atoms with Gasteiger partial charge in [-0.1, -0.05) is 13.3 Å². The van der Waals surface area contributed by atoms with Gasteiger partial charge in [-0.05, 0) is 18.8 Å². The fourth-order valence-electron chi connectivity index (χ4n) is 2.22. The number of carboxylic acid groups (broad SMARTS) is 1. The van der Waals surface area contributed by atoms with Crippen molar-refractivity contribution < 1.29 is 19.5 Å². The minimum Gasteiger partial charge on any atom is -0.480 e. The molecule has 2 atom stereocenters. The molecule has 0 aromatic rings. The summed E-state index contributed by atoms with van der Waals surface area (Å²) >= 11 is 0. The molecule has 1 unspecified atom stereocenters. The molecule has 1 saturated heterocycles. The largest absolute Gasteiger partial charge is 0.480 e. The maximum absolute atomic E-state index is 12.0. The molecule has 1 heterocycles. The van der Waals surface area contributed by atoms with E-state index in [4.69, 9.17) is 10.8 Å². The Morgan fingerprint density at radius 1 is 1.47 bits per heavy atom. The van der Waals surface area contributed by atoms with Gasteiger partial charge in [0.15, 0.2) is 0 Å². The summed E-state index contributed by atoms with van der Waals surface area (Å²) in [7, 11) is 0. The van der Waals surface area contributed by atoms with Crippen LogP contribution in [0.2, 0.25) is 0 Å². The lowest BCUT2D eigenvalue weighted by molar-refractivity contribution is -0.141. The SMILES string of the molecule is CCC1CCCN(C(=O)N[C@@H](CC(N)=O)C(=O)O)C1. The number of aliphatic carboxylic acids is 1. The van der Waals surface area contributed by atoms with E-state index >= 15 is 0 Å². The van der Waals surface area contributed by atoms with Crippen LogP contribution in [0.3, 0.4) is 0 Å². The summed E-state index contributed by atoms with van der Waals surface area (Å²) in [6.07, 6.45) is 2.60. The number of nitrogens with one attached hydrogen (secondary N) is 1. The van der Waals surface area contributed by atoms with Gasteiger partial charge in [-0.3, -0.25) is 4.79 Å². The van der Waals surface area contributed by atoms with Crippen LogP contribution >= 0.6 is 0 Å². The zero-order valence-corrected chi connectivity index (χ0v) is 11.1. The van der Waals surface area contributed by atoms with Gasteiger partial charge in [0.05, 0.1) is 6.42 Å². The van der Waals surface area contributed by atoms with E-state index in [-0.39, 0.29) is 0 Å². The summed E-state index contributed by atoms with van der Waals surface area (Å²) in [6, 6.07) is -1.70. The molecule has 108 valence electrons. The third kappa shape index (κ3) is 4.76. The molecular weight excluding hydrogens is 250 g/mol. The van der Waals surface area contributed by atoms with Crippen molar-refractivity contribution in [2.75, 3.05) is 13.1 Å². The van der Waals surface area contributed by atoms with Gasteiger partial charge in [-0.25, -0.2) is 9.59 Å². The fourth-order valence-corrected chi connectivity index (χ4v) is 2.22. The van der Waals surface area contributed by atoms with E-state index in [1.807, 2.05) is 0 Å². The van der Waals surface area contributed by atoms with Crippen molar-refractivity contribution in [3.63, 3.8) is 0 Å². The number of carboxylic acids is 1. The minimum atomic E-state index is -1.26. The van der Waals surface area contributed by atoms with Crippen molar-refractivity contribution >= 4 is 17.9 Å². The van der Waals surface area contributed by atoms with Crippen LogP contribution in [-0.4, -0.2) is 47.0 Å². The first-order valence-corrected chi connectivity index (χ1v) is 6.50. The predicted octanol–water partition coefficient (Wildman–Crippen LogP) is 0.147. The van der Waals surface area contributed by atoms with E-state index in [0.29, 0.717) is 19.0 Å².